The summed E-state index contributed by atoms with van der Waals surface area (Å²) in [6.07, 6.45) is 0. The van der Waals surface area contributed by atoms with Crippen molar-refractivity contribution in [2.75, 3.05) is 9.80 Å². The van der Waals surface area contributed by atoms with Crippen molar-refractivity contribution in [2.45, 2.75) is 0 Å². The SMILES string of the molecule is c1ccc(-c2cc(N3c4ccccc4N(c4cc(-c5ccccc5)c(-c5nc(-c6ccccc6)cc(-c6ccccc6)n5)c(-c5ccccc5)c4-c4nc(-c5ccccc5)cc(-c5ccccc5)n4)c4ccccc43)nc(-c3ccccc3)n2)cc1. The van der Waals surface area contributed by atoms with Gasteiger partial charge in [0.15, 0.2) is 17.5 Å². The fraction of sp³-hybridized carbons (Fsp3) is 0. The highest BCUT2D eigenvalue weighted by Gasteiger charge is 2.36. The van der Waals surface area contributed by atoms with Crippen molar-refractivity contribution < 1.29 is 0 Å². The minimum Gasteiger partial charge on any atom is -0.305 e. The molecular weight excluding hydrogens is 1050 g/mol. The zero-order valence-electron chi connectivity index (χ0n) is 46.6. The van der Waals surface area contributed by atoms with Gasteiger partial charge >= 0.3 is 0 Å². The number of aromatic nitrogens is 6. The molecule has 0 amide bonds. The number of hydrogen-bond donors (Lipinski definition) is 0. The van der Waals surface area contributed by atoms with Crippen LogP contribution in [0.3, 0.4) is 0 Å². The monoisotopic (exact) mass is 1100 g/mol. The van der Waals surface area contributed by atoms with Gasteiger partial charge in [0.2, 0.25) is 0 Å². The molecule has 0 saturated heterocycles. The first-order valence-corrected chi connectivity index (χ1v) is 28.8. The second-order valence-corrected chi connectivity index (χ2v) is 21.0. The van der Waals surface area contributed by atoms with Gasteiger partial charge in [0.25, 0.3) is 0 Å². The third-order valence-corrected chi connectivity index (χ3v) is 15.6. The summed E-state index contributed by atoms with van der Waals surface area (Å²) in [5.74, 6) is 2.42. The van der Waals surface area contributed by atoms with Gasteiger partial charge in [0.1, 0.15) is 5.82 Å². The van der Waals surface area contributed by atoms with Crippen LogP contribution in [0.25, 0.3) is 113 Å². The fourth-order valence-electron chi connectivity index (χ4n) is 11.7. The van der Waals surface area contributed by atoms with Crippen LogP contribution < -0.4 is 9.80 Å². The van der Waals surface area contributed by atoms with Crippen molar-refractivity contribution in [3.8, 4) is 113 Å². The summed E-state index contributed by atoms with van der Waals surface area (Å²) in [5, 5.41) is 0. The Morgan fingerprint density at radius 2 is 0.477 bits per heavy atom. The first kappa shape index (κ1) is 51.2. The van der Waals surface area contributed by atoms with Crippen LogP contribution in [0.15, 0.2) is 315 Å². The predicted molar refractivity (Wildman–Crippen MR) is 350 cm³/mol. The van der Waals surface area contributed by atoms with E-state index >= 15 is 0 Å². The number of hydrogen-bond acceptors (Lipinski definition) is 8. The number of rotatable bonds is 12. The molecule has 0 bridgehead atoms. The summed E-state index contributed by atoms with van der Waals surface area (Å²) < 4.78 is 0. The van der Waals surface area contributed by atoms with Crippen LogP contribution in [0.1, 0.15) is 0 Å². The minimum atomic E-state index is 0.524. The van der Waals surface area contributed by atoms with Crippen LogP contribution in [0.5, 0.6) is 0 Å². The number of benzene rings is 11. The van der Waals surface area contributed by atoms with Gasteiger partial charge in [0, 0.05) is 50.6 Å². The van der Waals surface area contributed by atoms with E-state index in [1.807, 2.05) is 48.5 Å². The van der Waals surface area contributed by atoms with E-state index in [1.54, 1.807) is 0 Å². The molecule has 0 unspecified atom stereocenters. The van der Waals surface area contributed by atoms with E-state index in [0.29, 0.717) is 17.5 Å². The molecule has 0 radical (unpaired) electrons. The van der Waals surface area contributed by atoms with Crippen LogP contribution in [0.2, 0.25) is 0 Å². The molecule has 0 aliphatic carbocycles. The van der Waals surface area contributed by atoms with Crippen LogP contribution in [-0.2, 0) is 0 Å². The molecule has 11 aromatic carbocycles. The average molecular weight is 1100 g/mol. The Kier molecular flexibility index (Phi) is 13.4. The lowest BCUT2D eigenvalue weighted by atomic mass is 9.85. The third kappa shape index (κ3) is 9.72. The largest absolute Gasteiger partial charge is 0.305 e. The zero-order chi connectivity index (χ0) is 57.2. The van der Waals surface area contributed by atoms with E-state index in [-0.39, 0.29) is 0 Å². The molecule has 15 rings (SSSR count). The van der Waals surface area contributed by atoms with E-state index in [0.717, 1.165) is 129 Å². The molecular formula is C78H52N8. The normalized spacial score (nSPS) is 11.7. The lowest BCUT2D eigenvalue weighted by Crippen LogP contribution is -2.25. The standard InChI is InChI=1S/C78H52N8/c1-9-29-53(30-10-1)61-49-71(85-67-45-25-27-47-69(67)86(70-48-28-26-46-68(70)85)72-52-66(58-39-19-6-20-40-58)79-76(84-72)60-43-23-8-24-44-60)75(78-82-64(56-35-15-4-16-36-56)51-65(83-78)57-37-17-5-18-38-57)73(59-41-21-7-22-42-59)74(61)77-80-62(54-31-11-2-12-32-54)50-63(81-77)55-33-13-3-14-34-55/h1-52H. The van der Waals surface area contributed by atoms with Crippen LogP contribution in [0.4, 0.5) is 34.3 Å². The van der Waals surface area contributed by atoms with Gasteiger partial charge in [-0.15, -0.1) is 0 Å². The van der Waals surface area contributed by atoms with Crippen molar-refractivity contribution in [2.24, 2.45) is 0 Å². The number of para-hydroxylation sites is 4. The Balaban J connectivity index is 1.09. The van der Waals surface area contributed by atoms with Crippen molar-refractivity contribution >= 4 is 34.3 Å². The van der Waals surface area contributed by atoms with E-state index in [9.17, 15) is 0 Å². The van der Waals surface area contributed by atoms with Gasteiger partial charge in [-0.25, -0.2) is 29.9 Å². The summed E-state index contributed by atoms with van der Waals surface area (Å²) in [5.41, 5.74) is 19.5. The lowest BCUT2D eigenvalue weighted by molar-refractivity contribution is 1.09. The third-order valence-electron chi connectivity index (χ3n) is 15.6. The Bertz CT molecular complexity index is 4510. The van der Waals surface area contributed by atoms with Gasteiger partial charge in [-0.05, 0) is 59.2 Å². The van der Waals surface area contributed by atoms with Crippen molar-refractivity contribution in [3.63, 3.8) is 0 Å². The van der Waals surface area contributed by atoms with Crippen LogP contribution in [0, 0.1) is 0 Å². The fourth-order valence-corrected chi connectivity index (χ4v) is 11.7. The minimum absolute atomic E-state index is 0.524. The zero-order valence-corrected chi connectivity index (χ0v) is 46.6. The molecule has 0 atom stereocenters. The molecule has 14 aromatic rings. The summed E-state index contributed by atoms with van der Waals surface area (Å²) in [7, 11) is 0. The Morgan fingerprint density at radius 3 is 0.860 bits per heavy atom. The second-order valence-electron chi connectivity index (χ2n) is 21.0. The topological polar surface area (TPSA) is 83.8 Å². The number of anilines is 6. The molecule has 404 valence electrons. The summed E-state index contributed by atoms with van der Waals surface area (Å²) >= 11 is 0. The quantitative estimate of drug-likeness (QED) is 0.120. The first-order valence-electron chi connectivity index (χ1n) is 28.8. The van der Waals surface area contributed by atoms with Crippen molar-refractivity contribution in [1.82, 2.24) is 29.9 Å². The lowest BCUT2D eigenvalue weighted by Gasteiger charge is -2.41. The summed E-state index contributed by atoms with van der Waals surface area (Å²) in [6, 6.07) is 109. The van der Waals surface area contributed by atoms with Gasteiger partial charge < -0.3 is 4.90 Å². The highest BCUT2D eigenvalue weighted by atomic mass is 15.3. The Labute approximate surface area is 499 Å². The second kappa shape index (κ2) is 22.5. The van der Waals surface area contributed by atoms with Crippen molar-refractivity contribution in [1.29, 1.82) is 0 Å². The Hall–Kier alpha value is -11.7. The smallest absolute Gasteiger partial charge is 0.163 e. The molecule has 0 fully saturated rings. The maximum Gasteiger partial charge on any atom is 0.163 e. The molecule has 4 heterocycles. The summed E-state index contributed by atoms with van der Waals surface area (Å²) in [4.78, 5) is 38.2. The van der Waals surface area contributed by atoms with E-state index in [1.165, 1.54) is 0 Å². The summed E-state index contributed by atoms with van der Waals surface area (Å²) in [6.45, 7) is 0. The van der Waals surface area contributed by atoms with Crippen molar-refractivity contribution in [3.05, 3.63) is 315 Å². The molecule has 86 heavy (non-hydrogen) atoms. The predicted octanol–water partition coefficient (Wildman–Crippen LogP) is 20.0. The average Bonchev–Trinajstić information content (AvgIpc) is 3.78. The highest BCUT2D eigenvalue weighted by molar-refractivity contribution is 6.10. The molecule has 8 heteroatoms. The molecule has 0 spiro atoms. The highest BCUT2D eigenvalue weighted by Crippen LogP contribution is 2.59. The maximum atomic E-state index is 5.75. The molecule has 1 aliphatic rings. The first-order chi connectivity index (χ1) is 42.7. The van der Waals surface area contributed by atoms with E-state index in [4.69, 9.17) is 29.9 Å². The van der Waals surface area contributed by atoms with Gasteiger partial charge in [-0.2, -0.15) is 0 Å². The molecule has 1 aliphatic heterocycles. The molecule has 0 saturated carbocycles. The number of fused-ring (bicyclic) bond motifs is 2. The maximum absolute atomic E-state index is 5.75. The van der Waals surface area contributed by atoms with Gasteiger partial charge in [-0.1, -0.05) is 267 Å². The Morgan fingerprint density at radius 1 is 0.186 bits per heavy atom. The molecule has 0 N–H and O–H groups in total. The molecule has 8 nitrogen and oxygen atoms in total. The van der Waals surface area contributed by atoms with Crippen LogP contribution in [-0.4, -0.2) is 29.9 Å². The van der Waals surface area contributed by atoms with E-state index in [2.05, 4.69) is 277 Å². The molecule has 3 aromatic heterocycles. The van der Waals surface area contributed by atoms with E-state index < -0.39 is 0 Å². The van der Waals surface area contributed by atoms with Gasteiger partial charge in [-0.3, -0.25) is 4.90 Å². The van der Waals surface area contributed by atoms with Gasteiger partial charge in [0.05, 0.1) is 62.5 Å². The number of nitrogens with zero attached hydrogens (tertiary/aromatic N) is 8. The van der Waals surface area contributed by atoms with Crippen LogP contribution >= 0.6 is 0 Å².